The molecule has 0 aliphatic carbocycles. The fourth-order valence-electron chi connectivity index (χ4n) is 4.04. The van der Waals surface area contributed by atoms with Gasteiger partial charge in [-0.2, -0.15) is 20.6 Å². The minimum absolute atomic E-state index is 0.0307. The molecule has 2 aromatic carbocycles. The maximum absolute atomic E-state index is 12.0. The maximum atomic E-state index is 12.0. The van der Waals surface area contributed by atoms with E-state index in [2.05, 4.69) is 55.3 Å². The molecule has 0 saturated heterocycles. The summed E-state index contributed by atoms with van der Waals surface area (Å²) in [5.74, 6) is 0.389. The monoisotopic (exact) mass is 664 g/mol. The number of aromatic nitrogens is 1. The van der Waals surface area contributed by atoms with Crippen molar-refractivity contribution in [1.82, 2.24) is 4.98 Å². The van der Waals surface area contributed by atoms with Gasteiger partial charge in [0.2, 0.25) is 0 Å². The van der Waals surface area contributed by atoms with Gasteiger partial charge in [0, 0.05) is 43.2 Å². The maximum Gasteiger partial charge on any atom is 0.199 e. The molecule has 1 heterocycles. The number of aryl methyl sites for hydroxylation is 2. The zero-order chi connectivity index (χ0) is 33.9. The molecule has 0 aliphatic heterocycles. The second kappa shape index (κ2) is 16.0. The van der Waals surface area contributed by atoms with Crippen molar-refractivity contribution >= 4 is 54.1 Å². The zero-order valence-corrected chi connectivity index (χ0v) is 27.7. The molecule has 0 amide bonds. The van der Waals surface area contributed by atoms with Crippen LogP contribution in [0.1, 0.15) is 28.7 Å². The van der Waals surface area contributed by atoms with Crippen LogP contribution in [-0.2, 0) is 24.4 Å². The van der Waals surface area contributed by atoms with Gasteiger partial charge in [-0.25, -0.2) is 21.8 Å². The van der Waals surface area contributed by atoms with Crippen LogP contribution in [0.4, 0.5) is 34.4 Å². The van der Waals surface area contributed by atoms with Crippen LogP contribution in [0.2, 0.25) is 0 Å². The van der Waals surface area contributed by atoms with Gasteiger partial charge in [-0.3, -0.25) is 0 Å². The predicted molar refractivity (Wildman–Crippen MR) is 179 cm³/mol. The third kappa shape index (κ3) is 9.36. The number of nitrogens with one attached hydrogen (secondary N) is 2. The molecule has 0 saturated carbocycles. The number of pyridine rings is 1. The van der Waals surface area contributed by atoms with Crippen LogP contribution >= 0.6 is 0 Å². The number of nitriles is 1. The van der Waals surface area contributed by atoms with Crippen molar-refractivity contribution in [2.24, 2.45) is 20.5 Å². The van der Waals surface area contributed by atoms with Crippen LogP contribution < -0.4 is 10.6 Å². The van der Waals surface area contributed by atoms with E-state index in [1.807, 2.05) is 13.8 Å². The van der Waals surface area contributed by atoms with Crippen molar-refractivity contribution in [3.63, 3.8) is 0 Å². The first-order valence-corrected chi connectivity index (χ1v) is 17.3. The molecular formula is C31H36N8O5S2. The molecule has 3 rings (SSSR count). The minimum atomic E-state index is -3.54. The van der Waals surface area contributed by atoms with Crippen molar-refractivity contribution in [3.8, 4) is 6.07 Å². The van der Waals surface area contributed by atoms with Gasteiger partial charge >= 0.3 is 0 Å². The van der Waals surface area contributed by atoms with E-state index in [0.717, 1.165) is 21.9 Å². The van der Waals surface area contributed by atoms with Crippen LogP contribution in [0.5, 0.6) is 0 Å². The van der Waals surface area contributed by atoms with E-state index in [-0.39, 0.29) is 34.3 Å². The molecular weight excluding hydrogens is 629 g/mol. The van der Waals surface area contributed by atoms with Gasteiger partial charge in [0.05, 0.1) is 33.3 Å². The largest absolute Gasteiger partial charge is 0.385 e. The summed E-state index contributed by atoms with van der Waals surface area (Å²) in [5.41, 5.74) is 4.17. The standard InChI is InChI=1S/C31H36N8O5S2/c1-7-45(40,41)17-15-34-31-29(23(5)26(20-32)30(35-31)33-14-9-16-44-6)39-38-28-19-21(3)27(18-22(28)4)37-36-24-10-12-25(13-11-24)46(42,43)8-2/h7-8,10-13,18-19H,1-2,9,14-17H2,3-6H3,(H2,33,34,35)/b37-36+,39-38+. The number of azo groups is 2. The number of hydrogen-bond donors (Lipinski definition) is 2. The zero-order valence-electron chi connectivity index (χ0n) is 26.1. The molecule has 0 atom stereocenters. The van der Waals surface area contributed by atoms with E-state index in [1.54, 1.807) is 38.3 Å². The Bertz CT molecular complexity index is 1920. The molecule has 0 spiro atoms. The smallest absolute Gasteiger partial charge is 0.199 e. The van der Waals surface area contributed by atoms with Crippen LogP contribution in [-0.4, -0.2) is 54.4 Å². The molecule has 46 heavy (non-hydrogen) atoms. The van der Waals surface area contributed by atoms with Crippen molar-refractivity contribution < 1.29 is 21.6 Å². The second-order valence-electron chi connectivity index (χ2n) is 10.0. The van der Waals surface area contributed by atoms with Crippen LogP contribution in [0.3, 0.4) is 0 Å². The Labute approximate surface area is 269 Å². The van der Waals surface area contributed by atoms with Crippen molar-refractivity contribution in [1.29, 1.82) is 5.26 Å². The van der Waals surface area contributed by atoms with E-state index < -0.39 is 19.7 Å². The summed E-state index contributed by atoms with van der Waals surface area (Å²) >= 11 is 0. The first kappa shape index (κ1) is 35.7. The molecule has 0 fully saturated rings. The number of rotatable bonds is 16. The number of methoxy groups -OCH3 is 1. The first-order chi connectivity index (χ1) is 21.9. The van der Waals surface area contributed by atoms with Gasteiger partial charge in [0.25, 0.3) is 0 Å². The van der Waals surface area contributed by atoms with Gasteiger partial charge in [0.15, 0.2) is 25.5 Å². The Balaban J connectivity index is 1.94. The molecule has 3 aromatic rings. The van der Waals surface area contributed by atoms with E-state index in [0.29, 0.717) is 48.0 Å². The lowest BCUT2D eigenvalue weighted by molar-refractivity contribution is 0.198. The Hall–Kier alpha value is -4.78. The molecule has 242 valence electrons. The van der Waals surface area contributed by atoms with Crippen LogP contribution in [0.15, 0.2) is 85.7 Å². The third-order valence-corrected chi connectivity index (χ3v) is 9.36. The lowest BCUT2D eigenvalue weighted by Crippen LogP contribution is -2.16. The normalized spacial score (nSPS) is 11.9. The topological polar surface area (TPSA) is 188 Å². The van der Waals surface area contributed by atoms with Crippen LogP contribution in [0.25, 0.3) is 0 Å². The number of nitrogens with zero attached hydrogens (tertiary/aromatic N) is 6. The summed E-state index contributed by atoms with van der Waals surface area (Å²) in [5, 5.41) is 35.3. The summed E-state index contributed by atoms with van der Waals surface area (Å²) in [7, 11) is -5.40. The van der Waals surface area contributed by atoms with E-state index in [4.69, 9.17) is 4.74 Å². The van der Waals surface area contributed by atoms with E-state index in [9.17, 15) is 22.1 Å². The molecule has 2 N–H and O–H groups in total. The molecule has 15 heteroatoms. The highest BCUT2D eigenvalue weighted by Crippen LogP contribution is 2.36. The highest BCUT2D eigenvalue weighted by Gasteiger charge is 2.18. The molecule has 13 nitrogen and oxygen atoms in total. The summed E-state index contributed by atoms with van der Waals surface area (Å²) in [4.78, 5) is 4.68. The fraction of sp³-hybridized carbons (Fsp3) is 0.290. The van der Waals surface area contributed by atoms with Gasteiger partial charge in [0.1, 0.15) is 17.6 Å². The quantitative estimate of drug-likeness (QED) is 0.119. The Morgan fingerprint density at radius 3 is 2.07 bits per heavy atom. The SMILES string of the molecule is C=CS(=O)(=O)CCNc1nc(NCCCOC)c(C#N)c(C)c1/N=N/c1cc(C)c(/N=N/c2ccc(S(=O)(=O)C=C)cc2)cc1C. The fourth-order valence-corrected chi connectivity index (χ4v) is 5.30. The first-order valence-electron chi connectivity index (χ1n) is 14.0. The second-order valence-corrected chi connectivity index (χ2v) is 14.0. The lowest BCUT2D eigenvalue weighted by atomic mass is 10.1. The molecule has 0 bridgehead atoms. The predicted octanol–water partition coefficient (Wildman–Crippen LogP) is 7.05. The highest BCUT2D eigenvalue weighted by molar-refractivity contribution is 7.94. The average Bonchev–Trinajstić information content (AvgIpc) is 3.03. The van der Waals surface area contributed by atoms with Gasteiger partial charge in [-0.1, -0.05) is 13.2 Å². The number of benzene rings is 2. The van der Waals surface area contributed by atoms with Gasteiger partial charge in [-0.05, 0) is 74.7 Å². The summed E-state index contributed by atoms with van der Waals surface area (Å²) < 4.78 is 52.9. The summed E-state index contributed by atoms with van der Waals surface area (Å²) in [6.07, 6.45) is 0.685. The Morgan fingerprint density at radius 2 is 1.50 bits per heavy atom. The molecule has 0 radical (unpaired) electrons. The Morgan fingerprint density at radius 1 is 0.891 bits per heavy atom. The molecule has 1 aromatic heterocycles. The minimum Gasteiger partial charge on any atom is -0.385 e. The number of sulfone groups is 2. The summed E-state index contributed by atoms with van der Waals surface area (Å²) in [6, 6.07) is 11.7. The van der Waals surface area contributed by atoms with Gasteiger partial charge in [-0.15, -0.1) is 5.11 Å². The Kier molecular flexibility index (Phi) is 12.4. The highest BCUT2D eigenvalue weighted by atomic mass is 32.2. The number of anilines is 2. The van der Waals surface area contributed by atoms with Crippen molar-refractivity contribution in [2.45, 2.75) is 32.1 Å². The van der Waals surface area contributed by atoms with E-state index >= 15 is 0 Å². The molecule has 0 unspecified atom stereocenters. The number of hydrogen-bond acceptors (Lipinski definition) is 13. The summed E-state index contributed by atoms with van der Waals surface area (Å²) in [6.45, 7) is 13.1. The van der Waals surface area contributed by atoms with Crippen molar-refractivity contribution in [2.75, 3.05) is 43.2 Å². The molecule has 0 aliphatic rings. The third-order valence-electron chi connectivity index (χ3n) is 6.71. The van der Waals surface area contributed by atoms with E-state index in [1.165, 1.54) is 12.1 Å². The average molecular weight is 665 g/mol. The van der Waals surface area contributed by atoms with Gasteiger partial charge < -0.3 is 15.4 Å². The lowest BCUT2D eigenvalue weighted by Gasteiger charge is -2.15. The van der Waals surface area contributed by atoms with Crippen LogP contribution in [0, 0.1) is 32.1 Å². The number of ether oxygens (including phenoxy) is 1. The van der Waals surface area contributed by atoms with Crippen molar-refractivity contribution in [3.05, 3.63) is 82.6 Å².